The Bertz CT molecular complexity index is 930. The van der Waals surface area contributed by atoms with Gasteiger partial charge in [-0.1, -0.05) is 42.8 Å². The highest BCUT2D eigenvalue weighted by molar-refractivity contribution is 6.30. The van der Waals surface area contributed by atoms with Crippen molar-refractivity contribution < 1.29 is 4.79 Å². The molecule has 2 aliphatic rings. The van der Waals surface area contributed by atoms with E-state index in [1.54, 1.807) is 0 Å². The van der Waals surface area contributed by atoms with Gasteiger partial charge in [0.05, 0.1) is 17.0 Å². The minimum absolute atomic E-state index is 0.161. The van der Waals surface area contributed by atoms with Crippen molar-refractivity contribution in [2.24, 2.45) is 11.3 Å². The van der Waals surface area contributed by atoms with E-state index in [4.69, 9.17) is 11.6 Å². The van der Waals surface area contributed by atoms with Gasteiger partial charge in [-0.15, -0.1) is 0 Å². The van der Waals surface area contributed by atoms with E-state index in [0.717, 1.165) is 29.5 Å². The molecule has 2 aromatic carbocycles. The minimum atomic E-state index is -0.349. The lowest BCUT2D eigenvalue weighted by atomic mass is 9.57. The molecule has 0 aromatic heterocycles. The van der Waals surface area contributed by atoms with E-state index in [1.165, 1.54) is 5.56 Å². The summed E-state index contributed by atoms with van der Waals surface area (Å²) < 4.78 is 0. The smallest absolute Gasteiger partial charge is 0.226 e. The number of hydrogen-bond donors (Lipinski definition) is 1. The summed E-state index contributed by atoms with van der Waals surface area (Å²) in [5.41, 5.74) is 3.79. The molecule has 0 spiro atoms. The average Bonchev–Trinajstić information content (AvgIpc) is 2.97. The number of nitrogens with zero attached hydrogens (tertiary/aromatic N) is 1. The van der Waals surface area contributed by atoms with Crippen LogP contribution < -0.4 is 5.32 Å². The first-order chi connectivity index (χ1) is 12.9. The third-order valence-corrected chi connectivity index (χ3v) is 6.90. The Morgan fingerprint density at radius 1 is 1.22 bits per heavy atom. The molecule has 3 nitrogen and oxygen atoms in total. The van der Waals surface area contributed by atoms with Crippen molar-refractivity contribution in [2.45, 2.75) is 38.5 Å². The molecule has 0 radical (unpaired) electrons. The third-order valence-electron chi connectivity index (χ3n) is 6.64. The zero-order valence-corrected chi connectivity index (χ0v) is 16.4. The van der Waals surface area contributed by atoms with Gasteiger partial charge in [0, 0.05) is 11.6 Å². The number of benzene rings is 2. The number of rotatable bonds is 2. The Balaban J connectivity index is 1.85. The van der Waals surface area contributed by atoms with Gasteiger partial charge < -0.3 is 5.32 Å². The molecule has 1 saturated carbocycles. The highest BCUT2D eigenvalue weighted by Crippen LogP contribution is 2.57. The summed E-state index contributed by atoms with van der Waals surface area (Å²) in [5.74, 6) is 0.758. The standard InChI is InChI=1S/C23H23ClN2O/c1-14-3-8-18(16(11-14)12-25)19-9-10-23(2)20(13-26-22(23)27)21(19)15-4-6-17(24)7-5-15/h3-8,11,19-21H,9-10,13H2,1-2H3,(H,26,27). The second kappa shape index (κ2) is 6.69. The molecule has 4 rings (SSSR count). The molecule has 1 aliphatic heterocycles. The van der Waals surface area contributed by atoms with Crippen LogP contribution in [-0.2, 0) is 4.79 Å². The number of nitrogens with one attached hydrogen (secondary N) is 1. The summed E-state index contributed by atoms with van der Waals surface area (Å²) in [6, 6.07) is 16.5. The molecule has 1 amide bonds. The van der Waals surface area contributed by atoms with E-state index in [-0.39, 0.29) is 29.1 Å². The van der Waals surface area contributed by atoms with Crippen molar-refractivity contribution in [1.82, 2.24) is 5.32 Å². The van der Waals surface area contributed by atoms with Gasteiger partial charge in [0.25, 0.3) is 0 Å². The van der Waals surface area contributed by atoms with Crippen LogP contribution in [0.4, 0.5) is 0 Å². The Morgan fingerprint density at radius 2 is 1.96 bits per heavy atom. The zero-order valence-electron chi connectivity index (χ0n) is 15.6. The fraction of sp³-hybridized carbons (Fsp3) is 0.391. The number of aryl methyl sites for hydroxylation is 1. The predicted octanol–water partition coefficient (Wildman–Crippen LogP) is 4.93. The molecular weight excluding hydrogens is 356 g/mol. The lowest BCUT2D eigenvalue weighted by Gasteiger charge is -2.45. The summed E-state index contributed by atoms with van der Waals surface area (Å²) in [5, 5.41) is 13.5. The molecule has 0 bridgehead atoms. The number of nitriles is 1. The molecule has 2 aromatic rings. The SMILES string of the molecule is Cc1ccc(C2CCC3(C)C(=O)NCC3C2c2ccc(Cl)cc2)c(C#N)c1. The fourth-order valence-electron chi connectivity index (χ4n) is 5.12. The van der Waals surface area contributed by atoms with E-state index >= 15 is 0 Å². The van der Waals surface area contributed by atoms with Crippen molar-refractivity contribution in [3.63, 3.8) is 0 Å². The largest absolute Gasteiger partial charge is 0.355 e. The summed E-state index contributed by atoms with van der Waals surface area (Å²) in [6.45, 7) is 4.80. The Labute approximate surface area is 165 Å². The second-order valence-electron chi connectivity index (χ2n) is 8.16. The summed E-state index contributed by atoms with van der Waals surface area (Å²) in [4.78, 5) is 12.6. The first-order valence-electron chi connectivity index (χ1n) is 9.48. The third kappa shape index (κ3) is 2.93. The molecule has 4 unspecified atom stereocenters. The van der Waals surface area contributed by atoms with Crippen molar-refractivity contribution in [1.29, 1.82) is 5.26 Å². The predicted molar refractivity (Wildman–Crippen MR) is 107 cm³/mol. The maximum Gasteiger partial charge on any atom is 0.226 e. The monoisotopic (exact) mass is 378 g/mol. The average molecular weight is 379 g/mol. The molecular formula is C23H23ClN2O. The highest BCUT2D eigenvalue weighted by atomic mass is 35.5. The van der Waals surface area contributed by atoms with Crippen molar-refractivity contribution >= 4 is 17.5 Å². The number of amides is 1. The zero-order chi connectivity index (χ0) is 19.2. The normalized spacial score (nSPS) is 29.7. The van der Waals surface area contributed by atoms with Crippen LogP contribution in [0.25, 0.3) is 0 Å². The lowest BCUT2D eigenvalue weighted by Crippen LogP contribution is -2.41. The van der Waals surface area contributed by atoms with Crippen LogP contribution in [0.5, 0.6) is 0 Å². The molecule has 4 atom stereocenters. The topological polar surface area (TPSA) is 52.9 Å². The number of carbonyl (C=O) groups excluding carboxylic acids is 1. The van der Waals surface area contributed by atoms with Gasteiger partial charge in [-0.2, -0.15) is 5.26 Å². The van der Waals surface area contributed by atoms with Crippen LogP contribution in [-0.4, -0.2) is 12.5 Å². The van der Waals surface area contributed by atoms with E-state index in [9.17, 15) is 10.1 Å². The van der Waals surface area contributed by atoms with Crippen LogP contribution in [0.1, 0.15) is 53.9 Å². The van der Waals surface area contributed by atoms with Gasteiger partial charge in [-0.3, -0.25) is 4.79 Å². The molecule has 4 heteroatoms. The van der Waals surface area contributed by atoms with E-state index in [1.807, 2.05) is 25.1 Å². The van der Waals surface area contributed by atoms with Gasteiger partial charge in [0.2, 0.25) is 5.91 Å². The molecule has 1 heterocycles. The molecule has 1 saturated heterocycles. The van der Waals surface area contributed by atoms with Gasteiger partial charge in [-0.05, 0) is 72.4 Å². The number of carbonyl (C=O) groups is 1. The van der Waals surface area contributed by atoms with Crippen molar-refractivity contribution in [3.05, 3.63) is 69.7 Å². The Morgan fingerprint density at radius 3 is 2.67 bits per heavy atom. The quantitative estimate of drug-likeness (QED) is 0.805. The molecule has 138 valence electrons. The first kappa shape index (κ1) is 18.1. The van der Waals surface area contributed by atoms with Crippen molar-refractivity contribution in [3.8, 4) is 6.07 Å². The molecule has 27 heavy (non-hydrogen) atoms. The highest BCUT2D eigenvalue weighted by Gasteiger charge is 2.54. The maximum atomic E-state index is 12.6. The summed E-state index contributed by atoms with van der Waals surface area (Å²) in [6.07, 6.45) is 1.74. The molecule has 1 aliphatic carbocycles. The summed E-state index contributed by atoms with van der Waals surface area (Å²) >= 11 is 6.12. The van der Waals surface area contributed by atoms with Crippen molar-refractivity contribution in [2.75, 3.05) is 6.54 Å². The molecule has 1 N–H and O–H groups in total. The van der Waals surface area contributed by atoms with Crippen LogP contribution in [0.2, 0.25) is 5.02 Å². The van der Waals surface area contributed by atoms with E-state index < -0.39 is 0 Å². The lowest BCUT2D eigenvalue weighted by molar-refractivity contribution is -0.129. The van der Waals surface area contributed by atoms with Crippen LogP contribution in [0, 0.1) is 29.6 Å². The van der Waals surface area contributed by atoms with E-state index in [2.05, 4.69) is 42.6 Å². The van der Waals surface area contributed by atoms with Gasteiger partial charge in [0.1, 0.15) is 0 Å². The summed E-state index contributed by atoms with van der Waals surface area (Å²) in [7, 11) is 0. The minimum Gasteiger partial charge on any atom is -0.355 e. The second-order valence-corrected chi connectivity index (χ2v) is 8.60. The van der Waals surface area contributed by atoms with Gasteiger partial charge in [0.15, 0.2) is 0 Å². The van der Waals surface area contributed by atoms with Gasteiger partial charge in [-0.25, -0.2) is 0 Å². The van der Waals surface area contributed by atoms with Crippen LogP contribution in [0.15, 0.2) is 42.5 Å². The maximum absolute atomic E-state index is 12.6. The number of fused-ring (bicyclic) bond motifs is 1. The number of halogens is 1. The first-order valence-corrected chi connectivity index (χ1v) is 9.86. The van der Waals surface area contributed by atoms with Crippen LogP contribution in [0.3, 0.4) is 0 Å². The van der Waals surface area contributed by atoms with E-state index in [0.29, 0.717) is 11.6 Å². The van der Waals surface area contributed by atoms with Crippen LogP contribution >= 0.6 is 11.6 Å². The number of hydrogen-bond acceptors (Lipinski definition) is 2. The Hall–Kier alpha value is -2.31. The Kier molecular flexibility index (Phi) is 4.48. The van der Waals surface area contributed by atoms with Gasteiger partial charge >= 0.3 is 0 Å². The molecule has 2 fully saturated rings. The fourth-order valence-corrected chi connectivity index (χ4v) is 5.25.